The highest BCUT2D eigenvalue weighted by Crippen LogP contribution is 2.38. The van der Waals surface area contributed by atoms with E-state index in [-0.39, 0.29) is 0 Å². The van der Waals surface area contributed by atoms with Crippen LogP contribution in [0, 0.1) is 0 Å². The van der Waals surface area contributed by atoms with Crippen LogP contribution < -0.4 is 0 Å². The second kappa shape index (κ2) is 3.07. The first-order valence-corrected chi connectivity index (χ1v) is 5.35. The minimum atomic E-state index is 0.662. The lowest BCUT2D eigenvalue weighted by molar-refractivity contribution is -0.0718. The summed E-state index contributed by atoms with van der Waals surface area (Å²) in [6.45, 7) is 3.72. The van der Waals surface area contributed by atoms with Crippen molar-refractivity contribution in [3.05, 3.63) is 35.9 Å². The van der Waals surface area contributed by atoms with E-state index in [2.05, 4.69) is 47.2 Å². The van der Waals surface area contributed by atoms with Crippen LogP contribution in [0.5, 0.6) is 0 Å². The van der Waals surface area contributed by atoms with Gasteiger partial charge in [-0.3, -0.25) is 9.80 Å². The van der Waals surface area contributed by atoms with Crippen LogP contribution >= 0.6 is 0 Å². The fourth-order valence-electron chi connectivity index (χ4n) is 2.71. The van der Waals surface area contributed by atoms with Crippen molar-refractivity contribution in [2.45, 2.75) is 12.1 Å². The summed E-state index contributed by atoms with van der Waals surface area (Å²) in [6, 6.07) is 12.3. The number of piperazine rings is 2. The van der Waals surface area contributed by atoms with Crippen molar-refractivity contribution in [3.63, 3.8) is 0 Å². The fraction of sp³-hybridized carbons (Fsp3) is 0.500. The number of hydrogen-bond acceptors (Lipinski definition) is 2. The maximum absolute atomic E-state index is 2.58. The quantitative estimate of drug-likeness (QED) is 0.656. The molecule has 0 aromatic heterocycles. The SMILES string of the molecule is CN1CCN2CC1C2c1ccccc1. The Labute approximate surface area is 85.1 Å². The molecule has 0 N–H and O–H groups in total. The fourth-order valence-corrected chi connectivity index (χ4v) is 2.71. The molecule has 3 atom stereocenters. The molecule has 2 bridgehead atoms. The van der Waals surface area contributed by atoms with Crippen molar-refractivity contribution in [3.8, 4) is 0 Å². The minimum Gasteiger partial charge on any atom is -0.299 e. The zero-order chi connectivity index (χ0) is 9.54. The molecule has 74 valence electrons. The normalized spacial score (nSPS) is 36.5. The van der Waals surface area contributed by atoms with E-state index < -0.39 is 0 Å². The first-order valence-electron chi connectivity index (χ1n) is 5.35. The number of benzene rings is 1. The summed E-state index contributed by atoms with van der Waals surface area (Å²) in [5, 5.41) is 0. The average Bonchev–Trinajstić information content (AvgIpc) is 2.18. The number of rotatable bonds is 1. The van der Waals surface area contributed by atoms with E-state index in [0.29, 0.717) is 6.04 Å². The van der Waals surface area contributed by atoms with Crippen LogP contribution in [0.2, 0.25) is 0 Å². The molecule has 3 heterocycles. The molecule has 3 fully saturated rings. The molecular formula is C12H16N2. The van der Waals surface area contributed by atoms with Crippen LogP contribution in [-0.4, -0.2) is 42.5 Å². The van der Waals surface area contributed by atoms with Crippen molar-refractivity contribution in [1.29, 1.82) is 0 Å². The summed E-state index contributed by atoms with van der Waals surface area (Å²) in [7, 11) is 2.25. The lowest BCUT2D eigenvalue weighted by atomic mass is 9.86. The van der Waals surface area contributed by atoms with E-state index in [4.69, 9.17) is 0 Å². The smallest absolute Gasteiger partial charge is 0.0517 e. The van der Waals surface area contributed by atoms with Gasteiger partial charge in [0.2, 0.25) is 0 Å². The first kappa shape index (κ1) is 8.45. The van der Waals surface area contributed by atoms with E-state index in [0.717, 1.165) is 6.04 Å². The van der Waals surface area contributed by atoms with Gasteiger partial charge in [-0.15, -0.1) is 0 Å². The maximum atomic E-state index is 2.58. The summed E-state index contributed by atoms with van der Waals surface area (Å²) in [4.78, 5) is 5.08. The molecule has 3 aliphatic heterocycles. The molecular weight excluding hydrogens is 172 g/mol. The summed E-state index contributed by atoms with van der Waals surface area (Å²) in [5.41, 5.74) is 1.48. The molecule has 1 aromatic rings. The van der Waals surface area contributed by atoms with Crippen molar-refractivity contribution in [2.75, 3.05) is 26.7 Å². The molecule has 0 radical (unpaired) electrons. The van der Waals surface area contributed by atoms with Gasteiger partial charge in [0, 0.05) is 25.7 Å². The Kier molecular flexibility index (Phi) is 1.85. The highest BCUT2D eigenvalue weighted by molar-refractivity contribution is 5.25. The molecule has 0 spiro atoms. The van der Waals surface area contributed by atoms with Crippen LogP contribution in [-0.2, 0) is 0 Å². The molecule has 0 saturated carbocycles. The highest BCUT2D eigenvalue weighted by atomic mass is 15.4. The molecule has 2 heteroatoms. The van der Waals surface area contributed by atoms with Gasteiger partial charge in [-0.2, -0.15) is 0 Å². The second-order valence-electron chi connectivity index (χ2n) is 4.40. The minimum absolute atomic E-state index is 0.662. The van der Waals surface area contributed by atoms with Gasteiger partial charge in [0.25, 0.3) is 0 Å². The van der Waals surface area contributed by atoms with Crippen LogP contribution in [0.1, 0.15) is 11.6 Å². The molecule has 1 aromatic carbocycles. The third kappa shape index (κ3) is 1.11. The van der Waals surface area contributed by atoms with Gasteiger partial charge in [0.1, 0.15) is 0 Å². The summed E-state index contributed by atoms with van der Waals surface area (Å²) >= 11 is 0. The first-order chi connectivity index (χ1) is 6.86. The Balaban J connectivity index is 1.87. The Hall–Kier alpha value is -0.860. The van der Waals surface area contributed by atoms with Crippen molar-refractivity contribution in [2.24, 2.45) is 0 Å². The van der Waals surface area contributed by atoms with Crippen LogP contribution in [0.15, 0.2) is 30.3 Å². The van der Waals surface area contributed by atoms with Gasteiger partial charge in [-0.1, -0.05) is 30.3 Å². The number of nitrogens with zero attached hydrogens (tertiary/aromatic N) is 2. The molecule has 3 saturated heterocycles. The van der Waals surface area contributed by atoms with Gasteiger partial charge in [-0.05, 0) is 12.6 Å². The lowest BCUT2D eigenvalue weighted by Gasteiger charge is -2.57. The van der Waals surface area contributed by atoms with E-state index in [1.807, 2.05) is 0 Å². The van der Waals surface area contributed by atoms with E-state index in [1.165, 1.54) is 25.2 Å². The average molecular weight is 188 g/mol. The molecule has 3 unspecified atom stereocenters. The second-order valence-corrected chi connectivity index (χ2v) is 4.40. The van der Waals surface area contributed by atoms with Gasteiger partial charge in [0.05, 0.1) is 6.04 Å². The molecule has 14 heavy (non-hydrogen) atoms. The Morgan fingerprint density at radius 3 is 2.57 bits per heavy atom. The zero-order valence-corrected chi connectivity index (χ0v) is 8.56. The summed E-state index contributed by atoms with van der Waals surface area (Å²) in [6.07, 6.45) is 0. The maximum Gasteiger partial charge on any atom is 0.0517 e. The van der Waals surface area contributed by atoms with Crippen molar-refractivity contribution >= 4 is 0 Å². The largest absolute Gasteiger partial charge is 0.299 e. The lowest BCUT2D eigenvalue weighted by Crippen LogP contribution is -2.66. The Morgan fingerprint density at radius 2 is 1.93 bits per heavy atom. The third-order valence-corrected chi connectivity index (χ3v) is 3.63. The van der Waals surface area contributed by atoms with E-state index in [9.17, 15) is 0 Å². The predicted molar refractivity (Wildman–Crippen MR) is 57.2 cm³/mol. The molecule has 0 amide bonds. The third-order valence-electron chi connectivity index (χ3n) is 3.63. The predicted octanol–water partition coefficient (Wildman–Crippen LogP) is 1.36. The molecule has 0 aliphatic carbocycles. The monoisotopic (exact) mass is 188 g/mol. The van der Waals surface area contributed by atoms with Gasteiger partial charge in [0.15, 0.2) is 0 Å². The molecule has 2 nitrogen and oxygen atoms in total. The highest BCUT2D eigenvalue weighted by Gasteiger charge is 2.45. The van der Waals surface area contributed by atoms with Crippen molar-refractivity contribution < 1.29 is 0 Å². The number of likely N-dealkylation sites (N-methyl/N-ethyl adjacent to an activating group) is 1. The topological polar surface area (TPSA) is 6.48 Å². The van der Waals surface area contributed by atoms with Crippen LogP contribution in [0.3, 0.4) is 0 Å². The van der Waals surface area contributed by atoms with Gasteiger partial charge >= 0.3 is 0 Å². The standard InChI is InChI=1S/C12H16N2/c1-13-7-8-14-9-11(13)12(14)10-5-3-2-4-6-10/h2-6,11-12H,7-9H2,1H3. The Bertz CT molecular complexity index is 320. The van der Waals surface area contributed by atoms with E-state index in [1.54, 1.807) is 0 Å². The van der Waals surface area contributed by atoms with Crippen LogP contribution in [0.4, 0.5) is 0 Å². The zero-order valence-electron chi connectivity index (χ0n) is 8.56. The number of hydrogen-bond donors (Lipinski definition) is 0. The molecule has 3 aliphatic rings. The van der Waals surface area contributed by atoms with E-state index >= 15 is 0 Å². The summed E-state index contributed by atoms with van der Waals surface area (Å²) in [5.74, 6) is 0. The van der Waals surface area contributed by atoms with Crippen LogP contribution in [0.25, 0.3) is 0 Å². The van der Waals surface area contributed by atoms with Crippen molar-refractivity contribution in [1.82, 2.24) is 9.80 Å². The number of fused-ring (bicyclic) bond motifs is 2. The van der Waals surface area contributed by atoms with Gasteiger partial charge in [-0.25, -0.2) is 0 Å². The Morgan fingerprint density at radius 1 is 1.14 bits per heavy atom. The van der Waals surface area contributed by atoms with Gasteiger partial charge < -0.3 is 0 Å². The summed E-state index contributed by atoms with van der Waals surface area (Å²) < 4.78 is 0. The molecule has 4 rings (SSSR count).